The van der Waals surface area contributed by atoms with Crippen LogP contribution in [-0.4, -0.2) is 33.7 Å². The summed E-state index contributed by atoms with van der Waals surface area (Å²) in [5.41, 5.74) is 5.16. The summed E-state index contributed by atoms with van der Waals surface area (Å²) in [4.78, 5) is 4.48. The van der Waals surface area contributed by atoms with Crippen molar-refractivity contribution in [2.75, 3.05) is 13.4 Å². The molecule has 1 saturated heterocycles. The molecular weight excluding hydrogens is 378 g/mol. The Morgan fingerprint density at radius 1 is 1.07 bits per heavy atom. The normalized spacial score (nSPS) is 15.7. The van der Waals surface area contributed by atoms with Crippen molar-refractivity contribution in [3.8, 4) is 28.1 Å². The molecule has 2 N–H and O–H groups in total. The van der Waals surface area contributed by atoms with E-state index in [0.717, 1.165) is 27.8 Å². The first-order valence-electron chi connectivity index (χ1n) is 10.1. The number of fused-ring (bicyclic) bond motifs is 1. The Balaban J connectivity index is 0.000000687. The average molecular weight is 403 g/mol. The molecule has 0 saturated carbocycles. The first-order valence-corrected chi connectivity index (χ1v) is 10.1. The molecule has 6 heteroatoms. The van der Waals surface area contributed by atoms with E-state index >= 15 is 0 Å². The van der Waals surface area contributed by atoms with Gasteiger partial charge in [-0.25, -0.2) is 4.98 Å². The molecule has 0 radical (unpaired) electrons. The number of nitrogens with one attached hydrogen (secondary N) is 1. The zero-order valence-corrected chi connectivity index (χ0v) is 17.1. The fraction of sp³-hybridized carbons (Fsp3) is 0.250. The monoisotopic (exact) mass is 403 g/mol. The molecule has 154 valence electrons. The van der Waals surface area contributed by atoms with Crippen molar-refractivity contribution < 1.29 is 14.6 Å². The molecule has 1 aliphatic heterocycles. The lowest BCUT2D eigenvalue weighted by atomic mass is 10.0. The van der Waals surface area contributed by atoms with Gasteiger partial charge in [0, 0.05) is 22.7 Å². The van der Waals surface area contributed by atoms with E-state index in [9.17, 15) is 5.11 Å². The molecular formula is C24H25N3O3. The first kappa shape index (κ1) is 20.1. The number of para-hydroxylation sites is 1. The Morgan fingerprint density at radius 3 is 2.67 bits per heavy atom. The van der Waals surface area contributed by atoms with E-state index in [1.54, 1.807) is 12.1 Å². The third-order valence-corrected chi connectivity index (χ3v) is 4.80. The summed E-state index contributed by atoms with van der Waals surface area (Å²) in [6, 6.07) is 17.4. The van der Waals surface area contributed by atoms with Gasteiger partial charge in [-0.2, -0.15) is 5.10 Å². The summed E-state index contributed by atoms with van der Waals surface area (Å²) < 4.78 is 10.9. The summed E-state index contributed by atoms with van der Waals surface area (Å²) in [6.07, 6.45) is 3.02. The van der Waals surface area contributed by atoms with Gasteiger partial charge in [0.2, 0.25) is 0 Å². The Labute approximate surface area is 175 Å². The van der Waals surface area contributed by atoms with Crippen LogP contribution in [0.25, 0.3) is 33.4 Å². The number of aromatic hydroxyl groups is 1. The number of hydrogen-bond donors (Lipinski definition) is 2. The third kappa shape index (κ3) is 4.06. The number of hydrogen-bond acceptors (Lipinski definition) is 5. The maximum Gasteiger partial charge on any atom is 0.181 e. The second-order valence-electron chi connectivity index (χ2n) is 7.19. The zero-order valence-electron chi connectivity index (χ0n) is 17.1. The molecule has 0 amide bonds. The second kappa shape index (κ2) is 9.07. The largest absolute Gasteiger partial charge is 0.507 e. The van der Waals surface area contributed by atoms with E-state index in [4.69, 9.17) is 9.47 Å². The Kier molecular flexibility index (Phi) is 6.07. The lowest BCUT2D eigenvalue weighted by Crippen LogP contribution is -1.99. The number of nitrogens with zero attached hydrogens (tertiary/aromatic N) is 2. The van der Waals surface area contributed by atoms with Crippen molar-refractivity contribution in [1.82, 2.24) is 15.2 Å². The van der Waals surface area contributed by atoms with E-state index < -0.39 is 0 Å². The minimum absolute atomic E-state index is 0.0348. The number of phenolic OH excluding ortho intramolecular Hbond substituents is 1. The highest BCUT2D eigenvalue weighted by Gasteiger charge is 2.19. The summed E-state index contributed by atoms with van der Waals surface area (Å²) in [5.74, 6) is 0.203. The maximum absolute atomic E-state index is 10.2. The summed E-state index contributed by atoms with van der Waals surface area (Å²) in [7, 11) is 0. The van der Waals surface area contributed by atoms with Gasteiger partial charge in [0.05, 0.1) is 12.3 Å². The predicted octanol–water partition coefficient (Wildman–Crippen LogP) is 5.46. The van der Waals surface area contributed by atoms with Crippen molar-refractivity contribution in [2.45, 2.75) is 26.4 Å². The topological polar surface area (TPSA) is 80.3 Å². The molecule has 2 aromatic carbocycles. The van der Waals surface area contributed by atoms with Crippen LogP contribution in [0.2, 0.25) is 0 Å². The first-order chi connectivity index (χ1) is 14.7. The fourth-order valence-corrected chi connectivity index (χ4v) is 3.39. The van der Waals surface area contributed by atoms with Crippen molar-refractivity contribution in [3.05, 3.63) is 66.4 Å². The van der Waals surface area contributed by atoms with Crippen molar-refractivity contribution in [3.63, 3.8) is 0 Å². The SMILES string of the molecule is CCC.Oc1ccccc1-c1[nH]nc2ncc(-c3cccc([C@H]4COCO4)c3)cc12. The van der Waals surface area contributed by atoms with E-state index in [0.29, 0.717) is 24.6 Å². The van der Waals surface area contributed by atoms with Crippen molar-refractivity contribution >= 4 is 11.0 Å². The lowest BCUT2D eigenvalue weighted by molar-refractivity contribution is 0.0466. The highest BCUT2D eigenvalue weighted by atomic mass is 16.7. The molecule has 30 heavy (non-hydrogen) atoms. The van der Waals surface area contributed by atoms with Crippen molar-refractivity contribution in [2.24, 2.45) is 0 Å². The maximum atomic E-state index is 10.2. The number of benzene rings is 2. The molecule has 6 nitrogen and oxygen atoms in total. The number of rotatable bonds is 3. The molecule has 0 unspecified atom stereocenters. The van der Waals surface area contributed by atoms with E-state index in [1.807, 2.05) is 42.6 Å². The molecule has 0 bridgehead atoms. The predicted molar refractivity (Wildman–Crippen MR) is 117 cm³/mol. The molecule has 3 heterocycles. The number of aromatic nitrogens is 3. The van der Waals surface area contributed by atoms with Crippen LogP contribution < -0.4 is 0 Å². The molecule has 1 fully saturated rings. The smallest absolute Gasteiger partial charge is 0.181 e. The van der Waals surface area contributed by atoms with E-state index in [-0.39, 0.29) is 11.9 Å². The van der Waals surface area contributed by atoms with Gasteiger partial charge < -0.3 is 14.6 Å². The highest BCUT2D eigenvalue weighted by molar-refractivity contribution is 5.94. The van der Waals surface area contributed by atoms with Crippen LogP contribution in [0.1, 0.15) is 31.9 Å². The third-order valence-electron chi connectivity index (χ3n) is 4.80. The van der Waals surface area contributed by atoms with Crippen LogP contribution in [0.4, 0.5) is 0 Å². The van der Waals surface area contributed by atoms with Gasteiger partial charge in [-0.15, -0.1) is 0 Å². The van der Waals surface area contributed by atoms with Gasteiger partial charge in [-0.05, 0) is 35.4 Å². The van der Waals surface area contributed by atoms with E-state index in [2.05, 4.69) is 35.1 Å². The van der Waals surface area contributed by atoms with Crippen molar-refractivity contribution in [1.29, 1.82) is 0 Å². The number of aromatic amines is 1. The lowest BCUT2D eigenvalue weighted by Gasteiger charge is -2.10. The van der Waals surface area contributed by atoms with E-state index in [1.165, 1.54) is 6.42 Å². The van der Waals surface area contributed by atoms with Gasteiger partial charge in [-0.3, -0.25) is 5.10 Å². The molecule has 1 aliphatic rings. The van der Waals surface area contributed by atoms with Gasteiger partial charge in [0.25, 0.3) is 0 Å². The summed E-state index contributed by atoms with van der Waals surface area (Å²) in [6.45, 7) is 5.15. The molecule has 1 atom stereocenters. The van der Waals surface area contributed by atoms with Crippen LogP contribution in [-0.2, 0) is 9.47 Å². The summed E-state index contributed by atoms with van der Waals surface area (Å²) >= 11 is 0. The second-order valence-corrected chi connectivity index (χ2v) is 7.19. The zero-order chi connectivity index (χ0) is 20.9. The molecule has 4 aromatic rings. The molecule has 0 aliphatic carbocycles. The number of pyridine rings is 1. The van der Waals surface area contributed by atoms with Crippen LogP contribution in [0.5, 0.6) is 5.75 Å². The van der Waals surface area contributed by atoms with Gasteiger partial charge in [0.1, 0.15) is 18.6 Å². The minimum atomic E-state index is -0.0348. The van der Waals surface area contributed by atoms with Crippen LogP contribution in [0, 0.1) is 0 Å². The minimum Gasteiger partial charge on any atom is -0.507 e. The standard InChI is InChI=1S/C21H17N3O3.C3H8/c25-18-7-2-1-6-16(18)20-17-9-15(10-22-21(17)24-23-20)13-4-3-5-14(8-13)19-11-26-12-27-19;1-3-2/h1-10,19,25H,11-12H2,(H,22,23,24);3H2,1-2H3/t19-;/m1./s1. The quantitative estimate of drug-likeness (QED) is 0.475. The average Bonchev–Trinajstić information content (AvgIpc) is 3.45. The Bertz CT molecular complexity index is 1130. The Hall–Kier alpha value is -3.22. The van der Waals surface area contributed by atoms with Crippen LogP contribution in [0.3, 0.4) is 0 Å². The van der Waals surface area contributed by atoms with Gasteiger partial charge in [0.15, 0.2) is 5.65 Å². The summed E-state index contributed by atoms with van der Waals surface area (Å²) in [5, 5.41) is 18.3. The fourth-order valence-electron chi connectivity index (χ4n) is 3.39. The van der Waals surface area contributed by atoms with Gasteiger partial charge in [-0.1, -0.05) is 50.6 Å². The molecule has 5 rings (SSSR count). The molecule has 0 spiro atoms. The number of ether oxygens (including phenoxy) is 2. The van der Waals surface area contributed by atoms with Crippen LogP contribution >= 0.6 is 0 Å². The Morgan fingerprint density at radius 2 is 1.90 bits per heavy atom. The van der Waals surface area contributed by atoms with Crippen LogP contribution in [0.15, 0.2) is 60.8 Å². The molecule has 2 aromatic heterocycles. The number of H-pyrrole nitrogens is 1. The highest BCUT2D eigenvalue weighted by Crippen LogP contribution is 2.34. The number of phenols is 1. The van der Waals surface area contributed by atoms with Gasteiger partial charge >= 0.3 is 0 Å².